The number of carboxylic acid groups (broad SMARTS) is 1. The Kier molecular flexibility index (Phi) is 34.3. The fourth-order valence-electron chi connectivity index (χ4n) is 11.0. The molecule has 3 heterocycles. The smallest absolute Gasteiger partial charge is 0.326 e. The lowest BCUT2D eigenvalue weighted by Gasteiger charge is -2.28. The molecular weight excluding hydrogens is 1370 g/mol. The highest BCUT2D eigenvalue weighted by Gasteiger charge is 2.39. The van der Waals surface area contributed by atoms with Gasteiger partial charge in [0.15, 0.2) is 5.96 Å². The van der Waals surface area contributed by atoms with Gasteiger partial charge < -0.3 is 112 Å². The fourth-order valence-corrected chi connectivity index (χ4v) is 11.0. The summed E-state index contributed by atoms with van der Waals surface area (Å²) < 4.78 is 22.5. The molecule has 0 radical (unpaired) electrons. The summed E-state index contributed by atoms with van der Waals surface area (Å²) in [6.45, 7) is 2.91. The maximum atomic E-state index is 14.4. The third-order valence-corrected chi connectivity index (χ3v) is 16.2. The molecule has 2 aromatic heterocycles. The van der Waals surface area contributed by atoms with Crippen LogP contribution in [0.4, 0.5) is 0 Å². The van der Waals surface area contributed by atoms with Crippen molar-refractivity contribution in [1.29, 1.82) is 0 Å². The molecule has 11 atom stereocenters. The molecule has 1 aliphatic heterocycles. The number of hydrogen-bond acceptors (Lipinski definition) is 20. The minimum absolute atomic E-state index is 0.0175. The number of aliphatic imine (C=N–C) groups is 1. The lowest BCUT2D eigenvalue weighted by atomic mass is 10.0. The predicted octanol–water partition coefficient (Wildman–Crippen LogP) is -6.50. The van der Waals surface area contributed by atoms with Gasteiger partial charge in [0.05, 0.1) is 44.8 Å². The molecule has 39 nitrogen and oxygen atoms in total. The standard InChI is InChI=1S/C66H102N22O17/c1-35(2)22-44(59(98)84-46(24-39-14-8-7-9-15-39)56(95)74-30-52(92)80-43(65(104)105)17-12-20-73-66(69)70)81-53(93)31-75-57(96)47(25-40-28-71-33-77-40)85-60(99)45(23-36(3)4)83-62(101)49(27-51(68)91)86-63(102)50-18-13-21-88(50)54(94)32-76-64(103)55(37(5)89)87-58(97)42(16-10-11-19-67)82-61(100)48(79-38(6)90)26-41-29-72-34-78-41/h7-9,14-15,28-29,33-37,42-50,55,89H,10-13,16-27,30-32,67H2,1-6H3,(H2,68,91)(H,71,77)(H,72,78)(H,74,95)(H,75,96)(H,76,103)(H,79,90)(H,80,92)(H,81,93)(H,82,100)(H,83,101)(H,84,98)(H,85,99)(H,86,102)(H,87,97)(H,104,105)(H4,69,70,73)/t37-,42+,43+,44+,45+,46+,47+,48+,49+,50+,55+/m1/s1/i6D3. The SMILES string of the molecule is [2H]C([2H])([2H])C(=O)N[C@@H](Cc1cnc[nH]1)C(=O)N[C@@H](CCCCN)C(=O)N[C@H](C(=O)NCC(=O)N1CCC[C@H]1C(=O)N[C@@H](CC(N)=O)C(=O)N[C@@H](CC(C)C)C(=O)N[C@@H](Cc1cnc[nH]1)C(=O)NCC(=O)N[C@@H](CC(C)C)C(=O)N[C@@H](Cc1ccccc1)C(=O)NCC(=O)N[C@@H](CCCN=C(N)N)C(=O)O)[C@@H](C)O. The maximum absolute atomic E-state index is 14.4. The van der Waals surface area contributed by atoms with Crippen LogP contribution in [-0.4, -0.2) is 235 Å². The van der Waals surface area contributed by atoms with Crippen LogP contribution in [0.3, 0.4) is 0 Å². The monoisotopic (exact) mass is 1480 g/mol. The summed E-state index contributed by atoms with van der Waals surface area (Å²) in [5, 5.41) is 49.7. The molecule has 1 aliphatic rings. The van der Waals surface area contributed by atoms with E-state index in [1.165, 1.54) is 25.0 Å². The number of carbonyl (C=O) groups excluding carboxylic acids is 14. The van der Waals surface area contributed by atoms with Crippen molar-refractivity contribution >= 4 is 94.6 Å². The van der Waals surface area contributed by atoms with Gasteiger partial charge in [0.25, 0.3) is 0 Å². The maximum Gasteiger partial charge on any atom is 0.326 e. The number of aliphatic hydroxyl groups excluding tert-OH is 1. The number of aliphatic hydroxyl groups is 1. The molecule has 0 bridgehead atoms. The van der Waals surface area contributed by atoms with Crippen molar-refractivity contribution in [3.05, 3.63) is 72.3 Å². The van der Waals surface area contributed by atoms with Gasteiger partial charge >= 0.3 is 5.97 Å². The molecule has 105 heavy (non-hydrogen) atoms. The van der Waals surface area contributed by atoms with Crippen LogP contribution >= 0.6 is 0 Å². The normalized spacial score (nSPS) is 15.9. The van der Waals surface area contributed by atoms with E-state index in [4.69, 9.17) is 27.0 Å². The van der Waals surface area contributed by atoms with Crippen molar-refractivity contribution in [2.75, 3.05) is 39.3 Å². The first-order valence-electron chi connectivity index (χ1n) is 35.7. The van der Waals surface area contributed by atoms with E-state index in [2.05, 4.69) is 88.7 Å². The number of nitrogens with one attached hydrogen (secondary N) is 14. The van der Waals surface area contributed by atoms with E-state index in [9.17, 15) is 82.1 Å². The number of aromatic amines is 2. The molecule has 24 N–H and O–H groups in total. The Bertz CT molecular complexity index is 3560. The van der Waals surface area contributed by atoms with E-state index in [0.29, 0.717) is 23.4 Å². The van der Waals surface area contributed by atoms with E-state index in [0.717, 1.165) is 11.8 Å². The average Bonchev–Trinajstić information content (AvgIpc) is 1.64. The molecule has 0 saturated carbocycles. The van der Waals surface area contributed by atoms with Crippen molar-refractivity contribution in [3.63, 3.8) is 0 Å². The zero-order chi connectivity index (χ0) is 80.4. The van der Waals surface area contributed by atoms with E-state index in [-0.39, 0.29) is 108 Å². The van der Waals surface area contributed by atoms with E-state index < -0.39 is 188 Å². The van der Waals surface area contributed by atoms with Gasteiger partial charge in [0, 0.05) is 67.1 Å². The minimum Gasteiger partial charge on any atom is -0.480 e. The number of benzene rings is 1. The van der Waals surface area contributed by atoms with E-state index in [1.807, 2.05) is 0 Å². The molecule has 578 valence electrons. The second-order valence-corrected chi connectivity index (χ2v) is 26.0. The molecule has 0 spiro atoms. The van der Waals surface area contributed by atoms with Crippen molar-refractivity contribution in [1.82, 2.24) is 88.6 Å². The molecule has 3 aromatic rings. The topological polar surface area (TPSA) is 618 Å². The largest absolute Gasteiger partial charge is 0.480 e. The number of aromatic nitrogens is 4. The Labute approximate surface area is 610 Å². The van der Waals surface area contributed by atoms with Crippen molar-refractivity contribution in [2.24, 2.45) is 39.8 Å². The van der Waals surface area contributed by atoms with Gasteiger partial charge in [-0.05, 0) is 88.7 Å². The summed E-state index contributed by atoms with van der Waals surface area (Å²) >= 11 is 0. The molecule has 0 aliphatic carbocycles. The second kappa shape index (κ2) is 44.4. The first-order valence-corrected chi connectivity index (χ1v) is 34.2. The van der Waals surface area contributed by atoms with Crippen LogP contribution in [0.5, 0.6) is 0 Å². The highest BCUT2D eigenvalue weighted by molar-refractivity contribution is 6.00. The summed E-state index contributed by atoms with van der Waals surface area (Å²) in [6.07, 6.45) is 3.07. The number of unbranched alkanes of at least 4 members (excludes halogenated alkanes) is 1. The number of nitrogens with zero attached hydrogens (tertiary/aromatic N) is 4. The molecular formula is C66H102N22O17. The van der Waals surface area contributed by atoms with Crippen molar-refractivity contribution in [3.8, 4) is 0 Å². The summed E-state index contributed by atoms with van der Waals surface area (Å²) in [7, 11) is 0. The van der Waals surface area contributed by atoms with Crippen LogP contribution in [0, 0.1) is 11.8 Å². The summed E-state index contributed by atoms with van der Waals surface area (Å²) in [4.78, 5) is 222. The number of hydrogen-bond donors (Lipinski definition) is 20. The van der Waals surface area contributed by atoms with Crippen LogP contribution in [0.15, 0.2) is 60.4 Å². The number of carboxylic acids is 1. The lowest BCUT2D eigenvalue weighted by Crippen LogP contribution is -2.60. The molecule has 1 saturated heterocycles. The van der Waals surface area contributed by atoms with Crippen LogP contribution in [-0.2, 0) is 91.2 Å². The first-order chi connectivity index (χ1) is 51.0. The lowest BCUT2D eigenvalue weighted by molar-refractivity contribution is -0.142. The number of rotatable bonds is 46. The molecule has 1 fully saturated rings. The average molecular weight is 1480 g/mol. The van der Waals surface area contributed by atoms with Crippen molar-refractivity contribution < 1.29 is 86.2 Å². The Morgan fingerprint density at radius 1 is 0.581 bits per heavy atom. The van der Waals surface area contributed by atoms with Crippen LogP contribution in [0.1, 0.15) is 127 Å². The Balaban J connectivity index is 1.44. The van der Waals surface area contributed by atoms with Crippen LogP contribution in [0.25, 0.3) is 0 Å². The number of H-pyrrole nitrogens is 2. The number of guanidine groups is 1. The zero-order valence-electron chi connectivity index (χ0n) is 62.3. The number of likely N-dealkylation sites (tertiary alicyclic amines) is 1. The molecule has 4 rings (SSSR count). The highest BCUT2D eigenvalue weighted by atomic mass is 16.4. The van der Waals surface area contributed by atoms with E-state index >= 15 is 0 Å². The summed E-state index contributed by atoms with van der Waals surface area (Å²) in [6, 6.07) is -6.31. The minimum atomic E-state index is -3.15. The summed E-state index contributed by atoms with van der Waals surface area (Å²) in [5.41, 5.74) is 23.1. The summed E-state index contributed by atoms with van der Waals surface area (Å²) in [5.74, 6) is -15.9. The zero-order valence-corrected chi connectivity index (χ0v) is 59.3. The fraction of sp³-hybridized carbons (Fsp3) is 0.576. The number of primary amides is 1. The van der Waals surface area contributed by atoms with Crippen LogP contribution in [0.2, 0.25) is 0 Å². The number of imidazole rings is 2. The molecule has 14 amide bonds. The third kappa shape index (κ3) is 31.6. The molecule has 0 unspecified atom stereocenters. The van der Waals surface area contributed by atoms with Gasteiger partial charge in [-0.1, -0.05) is 58.0 Å². The quantitative estimate of drug-likeness (QED) is 0.0142. The Morgan fingerprint density at radius 2 is 1.08 bits per heavy atom. The Hall–Kier alpha value is -11.1. The van der Waals surface area contributed by atoms with Gasteiger partial charge in [0.2, 0.25) is 82.7 Å². The van der Waals surface area contributed by atoms with Crippen LogP contribution < -0.4 is 86.7 Å². The van der Waals surface area contributed by atoms with Gasteiger partial charge in [-0.15, -0.1) is 0 Å². The van der Waals surface area contributed by atoms with Gasteiger partial charge in [-0.25, -0.2) is 14.8 Å². The number of aliphatic carboxylic acids is 1. The number of carbonyl (C=O) groups is 15. The number of nitrogens with two attached hydrogens (primary N) is 4. The highest BCUT2D eigenvalue weighted by Crippen LogP contribution is 2.19. The van der Waals surface area contributed by atoms with Gasteiger partial charge in [-0.2, -0.15) is 0 Å². The van der Waals surface area contributed by atoms with Gasteiger partial charge in [-0.3, -0.25) is 72.1 Å². The third-order valence-electron chi connectivity index (χ3n) is 16.2. The number of amides is 14. The van der Waals surface area contributed by atoms with Crippen molar-refractivity contribution in [2.45, 2.75) is 191 Å². The molecule has 39 heteroatoms. The van der Waals surface area contributed by atoms with E-state index in [1.54, 1.807) is 58.0 Å². The van der Waals surface area contributed by atoms with Gasteiger partial charge in [0.1, 0.15) is 60.4 Å². The predicted molar refractivity (Wildman–Crippen MR) is 376 cm³/mol. The Morgan fingerprint density at radius 3 is 1.59 bits per heavy atom. The second-order valence-electron chi connectivity index (χ2n) is 26.0. The molecule has 1 aromatic carbocycles. The first kappa shape index (κ1) is 81.2.